The summed E-state index contributed by atoms with van der Waals surface area (Å²) in [6, 6.07) is 14.6. The van der Waals surface area contributed by atoms with Crippen molar-refractivity contribution >= 4 is 17.6 Å². The minimum atomic E-state index is -1.22. The Labute approximate surface area is 150 Å². The third-order valence-corrected chi connectivity index (χ3v) is 4.41. The summed E-state index contributed by atoms with van der Waals surface area (Å²) in [4.78, 5) is 34.4. The van der Waals surface area contributed by atoms with Gasteiger partial charge in [-0.05, 0) is 17.5 Å². The van der Waals surface area contributed by atoms with Gasteiger partial charge in [-0.3, -0.25) is 19.7 Å². The number of rotatable bonds is 8. The SMILES string of the molecule is CCC(CNC(=O)Cc1cccc([N+](=O)[O-])c1)(C(=O)O)c1ccccc1. The van der Waals surface area contributed by atoms with Crippen molar-refractivity contribution in [1.82, 2.24) is 5.32 Å². The van der Waals surface area contributed by atoms with Crippen molar-refractivity contribution in [2.75, 3.05) is 6.54 Å². The predicted octanol–water partition coefficient (Wildman–Crippen LogP) is 2.69. The first-order valence-electron chi connectivity index (χ1n) is 8.18. The molecule has 0 aliphatic rings. The van der Waals surface area contributed by atoms with E-state index in [2.05, 4.69) is 5.32 Å². The molecule has 26 heavy (non-hydrogen) atoms. The second-order valence-electron chi connectivity index (χ2n) is 5.99. The van der Waals surface area contributed by atoms with Gasteiger partial charge in [0.1, 0.15) is 5.41 Å². The van der Waals surface area contributed by atoms with Gasteiger partial charge in [-0.2, -0.15) is 0 Å². The molecule has 0 radical (unpaired) electrons. The number of carbonyl (C=O) groups excluding carboxylic acids is 1. The monoisotopic (exact) mass is 356 g/mol. The maximum atomic E-state index is 12.2. The van der Waals surface area contributed by atoms with Gasteiger partial charge in [0.05, 0.1) is 11.3 Å². The highest BCUT2D eigenvalue weighted by atomic mass is 16.6. The Morgan fingerprint density at radius 3 is 2.42 bits per heavy atom. The van der Waals surface area contributed by atoms with Gasteiger partial charge in [-0.25, -0.2) is 0 Å². The summed E-state index contributed by atoms with van der Waals surface area (Å²) in [6.07, 6.45) is 0.249. The van der Waals surface area contributed by atoms with Crippen molar-refractivity contribution in [2.45, 2.75) is 25.2 Å². The lowest BCUT2D eigenvalue weighted by Crippen LogP contribution is -2.46. The highest BCUT2D eigenvalue weighted by Crippen LogP contribution is 2.28. The van der Waals surface area contributed by atoms with Crippen LogP contribution in [0.1, 0.15) is 24.5 Å². The molecule has 0 aliphatic carbocycles. The third-order valence-electron chi connectivity index (χ3n) is 4.41. The van der Waals surface area contributed by atoms with Gasteiger partial charge in [0.25, 0.3) is 5.69 Å². The zero-order valence-electron chi connectivity index (χ0n) is 14.3. The standard InChI is InChI=1S/C19H20N2O5/c1-2-19(18(23)24,15-8-4-3-5-9-15)13-20-17(22)12-14-7-6-10-16(11-14)21(25)26/h3-11H,2,12-13H2,1H3,(H,20,22)(H,23,24). The zero-order chi connectivity index (χ0) is 19.2. The fourth-order valence-corrected chi connectivity index (χ4v) is 2.82. The van der Waals surface area contributed by atoms with Crippen molar-refractivity contribution in [2.24, 2.45) is 0 Å². The topological polar surface area (TPSA) is 110 Å². The van der Waals surface area contributed by atoms with Crippen LogP contribution in [0.25, 0.3) is 0 Å². The van der Waals surface area contributed by atoms with Crippen LogP contribution in [0.2, 0.25) is 0 Å². The molecule has 2 N–H and O–H groups in total. The Hall–Kier alpha value is -3.22. The second-order valence-corrected chi connectivity index (χ2v) is 5.99. The number of hydrogen-bond acceptors (Lipinski definition) is 4. The van der Waals surface area contributed by atoms with Crippen LogP contribution in [0.15, 0.2) is 54.6 Å². The quantitative estimate of drug-likeness (QED) is 0.558. The third kappa shape index (κ3) is 4.24. The van der Waals surface area contributed by atoms with E-state index in [4.69, 9.17) is 0 Å². The van der Waals surface area contributed by atoms with E-state index in [-0.39, 0.29) is 24.6 Å². The molecule has 7 heteroatoms. The molecule has 0 aliphatic heterocycles. The van der Waals surface area contributed by atoms with Crippen LogP contribution in [0, 0.1) is 10.1 Å². The van der Waals surface area contributed by atoms with E-state index in [1.165, 1.54) is 18.2 Å². The van der Waals surface area contributed by atoms with Gasteiger partial charge in [-0.15, -0.1) is 0 Å². The zero-order valence-corrected chi connectivity index (χ0v) is 14.3. The Kier molecular flexibility index (Phi) is 6.06. The molecule has 2 rings (SSSR count). The fraction of sp³-hybridized carbons (Fsp3) is 0.263. The van der Waals surface area contributed by atoms with Crippen LogP contribution in [-0.2, 0) is 21.4 Å². The molecule has 7 nitrogen and oxygen atoms in total. The van der Waals surface area contributed by atoms with Gasteiger partial charge < -0.3 is 10.4 Å². The number of aliphatic carboxylic acids is 1. The largest absolute Gasteiger partial charge is 0.481 e. The van der Waals surface area contributed by atoms with Crippen LogP contribution in [0.3, 0.4) is 0 Å². The molecule has 0 fully saturated rings. The first-order valence-corrected chi connectivity index (χ1v) is 8.18. The summed E-state index contributed by atoms with van der Waals surface area (Å²) in [7, 11) is 0. The average molecular weight is 356 g/mol. The first-order chi connectivity index (χ1) is 12.4. The van der Waals surface area contributed by atoms with Crippen LogP contribution in [0.4, 0.5) is 5.69 Å². The summed E-state index contributed by atoms with van der Waals surface area (Å²) in [5.74, 6) is -1.40. The molecule has 0 saturated heterocycles. The number of nitrogens with one attached hydrogen (secondary N) is 1. The highest BCUT2D eigenvalue weighted by molar-refractivity contribution is 5.84. The molecule has 0 spiro atoms. The van der Waals surface area contributed by atoms with Crippen molar-refractivity contribution in [3.05, 3.63) is 75.8 Å². The number of amides is 1. The number of nitro groups is 1. The summed E-state index contributed by atoms with van der Waals surface area (Å²) < 4.78 is 0. The lowest BCUT2D eigenvalue weighted by Gasteiger charge is -2.29. The van der Waals surface area contributed by atoms with E-state index in [0.717, 1.165) is 0 Å². The fourth-order valence-electron chi connectivity index (χ4n) is 2.82. The molecule has 0 aromatic heterocycles. The van der Waals surface area contributed by atoms with E-state index in [9.17, 15) is 24.8 Å². The van der Waals surface area contributed by atoms with Crippen LogP contribution >= 0.6 is 0 Å². The maximum absolute atomic E-state index is 12.2. The number of nitrogens with zero attached hydrogens (tertiary/aromatic N) is 1. The highest BCUT2D eigenvalue weighted by Gasteiger charge is 2.38. The van der Waals surface area contributed by atoms with Crippen LogP contribution in [-0.4, -0.2) is 28.5 Å². The van der Waals surface area contributed by atoms with Crippen molar-refractivity contribution in [3.8, 4) is 0 Å². The van der Waals surface area contributed by atoms with E-state index in [1.807, 2.05) is 0 Å². The van der Waals surface area contributed by atoms with Crippen LogP contribution in [0.5, 0.6) is 0 Å². The minimum absolute atomic E-state index is 0.0589. The Morgan fingerprint density at radius 2 is 1.85 bits per heavy atom. The molecule has 0 bridgehead atoms. The van der Waals surface area contributed by atoms with Crippen molar-refractivity contribution in [1.29, 1.82) is 0 Å². The predicted molar refractivity (Wildman–Crippen MR) is 95.9 cm³/mol. The van der Waals surface area contributed by atoms with Gasteiger partial charge in [-0.1, -0.05) is 49.4 Å². The van der Waals surface area contributed by atoms with Crippen molar-refractivity contribution < 1.29 is 19.6 Å². The molecular weight excluding hydrogens is 336 g/mol. The maximum Gasteiger partial charge on any atom is 0.315 e. The normalized spacial score (nSPS) is 12.8. The summed E-state index contributed by atoms with van der Waals surface area (Å²) in [5.41, 5.74) is -0.202. The molecule has 1 unspecified atom stereocenters. The second kappa shape index (κ2) is 8.24. The lowest BCUT2D eigenvalue weighted by molar-refractivity contribution is -0.384. The summed E-state index contributed by atoms with van der Waals surface area (Å²) in [5, 5.41) is 23.2. The first kappa shape index (κ1) is 19.1. The smallest absolute Gasteiger partial charge is 0.315 e. The minimum Gasteiger partial charge on any atom is -0.481 e. The summed E-state index contributed by atoms with van der Waals surface area (Å²) >= 11 is 0. The average Bonchev–Trinajstić information content (AvgIpc) is 2.63. The Morgan fingerprint density at radius 1 is 1.15 bits per heavy atom. The van der Waals surface area contributed by atoms with E-state index in [0.29, 0.717) is 17.5 Å². The molecular formula is C19H20N2O5. The lowest BCUT2D eigenvalue weighted by atomic mass is 9.78. The number of carboxylic acids is 1. The Balaban J connectivity index is 2.11. The summed E-state index contributed by atoms with van der Waals surface area (Å²) in [6.45, 7) is 1.70. The number of benzene rings is 2. The molecule has 2 aromatic rings. The van der Waals surface area contributed by atoms with E-state index in [1.54, 1.807) is 43.3 Å². The van der Waals surface area contributed by atoms with E-state index >= 15 is 0 Å². The molecule has 1 amide bonds. The molecule has 136 valence electrons. The molecule has 2 aromatic carbocycles. The number of hydrogen-bond donors (Lipinski definition) is 2. The van der Waals surface area contributed by atoms with Crippen molar-refractivity contribution in [3.63, 3.8) is 0 Å². The van der Waals surface area contributed by atoms with Gasteiger partial charge in [0, 0.05) is 18.7 Å². The van der Waals surface area contributed by atoms with Crippen LogP contribution < -0.4 is 5.32 Å². The number of carboxylic acid groups (broad SMARTS) is 1. The van der Waals surface area contributed by atoms with Gasteiger partial charge in [0.2, 0.25) is 5.91 Å². The number of non-ortho nitro benzene ring substituents is 1. The molecule has 0 heterocycles. The van der Waals surface area contributed by atoms with Gasteiger partial charge in [0.15, 0.2) is 0 Å². The molecule has 1 atom stereocenters. The Bertz CT molecular complexity index is 807. The van der Waals surface area contributed by atoms with Gasteiger partial charge >= 0.3 is 5.97 Å². The number of nitro benzene ring substituents is 1. The van der Waals surface area contributed by atoms with E-state index < -0.39 is 16.3 Å². The number of carbonyl (C=O) groups is 2. The molecule has 0 saturated carbocycles.